The summed E-state index contributed by atoms with van der Waals surface area (Å²) in [5, 5.41) is 4.30. The van der Waals surface area contributed by atoms with Gasteiger partial charge < -0.3 is 10.2 Å². The van der Waals surface area contributed by atoms with E-state index in [0.29, 0.717) is 15.6 Å². The lowest BCUT2D eigenvalue weighted by atomic mass is 10.2. The quantitative estimate of drug-likeness (QED) is 0.846. The Bertz CT molecular complexity index is 448. The van der Waals surface area contributed by atoms with E-state index in [1.54, 1.807) is 29.2 Å². The monoisotopic (exact) mass is 284 g/mol. The fourth-order valence-corrected chi connectivity index (χ4v) is 2.34. The molecule has 1 fully saturated rings. The molecule has 1 aliphatic rings. The summed E-state index contributed by atoms with van der Waals surface area (Å²) in [5.41, 5.74) is 0.685. The lowest BCUT2D eigenvalue weighted by molar-refractivity contribution is -0.126. The molecule has 0 saturated carbocycles. The number of halogens is 2. The number of rotatable bonds is 2. The molecule has 0 aromatic heterocycles. The second-order valence-electron chi connectivity index (χ2n) is 4.04. The third-order valence-electron chi connectivity index (χ3n) is 2.82. The number of amides is 1. The normalized spacial score (nSPS) is 16.2. The summed E-state index contributed by atoms with van der Waals surface area (Å²) in [5.74, 6) is -0.00696. The maximum absolute atomic E-state index is 11.9. The van der Waals surface area contributed by atoms with Gasteiger partial charge in [0.15, 0.2) is 0 Å². The van der Waals surface area contributed by atoms with Gasteiger partial charge in [0.05, 0.1) is 0 Å². The van der Waals surface area contributed by atoms with E-state index >= 15 is 0 Å². The zero-order valence-electron chi connectivity index (χ0n) is 9.83. The summed E-state index contributed by atoms with van der Waals surface area (Å²) >= 11 is 12.1. The lowest BCUT2D eigenvalue weighted by Crippen LogP contribution is -2.45. The van der Waals surface area contributed by atoms with Crippen LogP contribution in [0, 0.1) is 0 Å². The Hall–Kier alpha value is -1.03. The average molecular weight is 285 g/mol. The van der Waals surface area contributed by atoms with E-state index in [0.717, 1.165) is 26.2 Å². The Balaban J connectivity index is 2.08. The molecule has 2 rings (SSSR count). The van der Waals surface area contributed by atoms with Gasteiger partial charge in [-0.05, 0) is 18.2 Å². The van der Waals surface area contributed by atoms with E-state index < -0.39 is 0 Å². The van der Waals surface area contributed by atoms with Crippen molar-refractivity contribution >= 4 is 35.2 Å². The van der Waals surface area contributed by atoms with Gasteiger partial charge in [0.25, 0.3) is 0 Å². The highest BCUT2D eigenvalue weighted by Gasteiger charge is 2.13. The number of piperazine rings is 1. The van der Waals surface area contributed by atoms with Crippen molar-refractivity contribution < 1.29 is 4.79 Å². The molecule has 18 heavy (non-hydrogen) atoms. The molecule has 1 N–H and O–H groups in total. The predicted molar refractivity (Wildman–Crippen MR) is 74.9 cm³/mol. The van der Waals surface area contributed by atoms with Gasteiger partial charge in [-0.2, -0.15) is 0 Å². The van der Waals surface area contributed by atoms with Crippen LogP contribution in [-0.4, -0.2) is 37.0 Å². The van der Waals surface area contributed by atoms with Gasteiger partial charge in [-0.3, -0.25) is 4.79 Å². The largest absolute Gasteiger partial charge is 0.337 e. The number of carbonyl (C=O) groups excluding carboxylic acids is 1. The average Bonchev–Trinajstić information content (AvgIpc) is 2.39. The molecule has 3 nitrogen and oxygen atoms in total. The first-order chi connectivity index (χ1) is 8.68. The summed E-state index contributed by atoms with van der Waals surface area (Å²) in [7, 11) is 0. The van der Waals surface area contributed by atoms with E-state index in [4.69, 9.17) is 23.2 Å². The molecule has 96 valence electrons. The van der Waals surface area contributed by atoms with Crippen LogP contribution < -0.4 is 5.32 Å². The van der Waals surface area contributed by atoms with Crippen LogP contribution >= 0.6 is 23.2 Å². The first-order valence-corrected chi connectivity index (χ1v) is 6.56. The minimum atomic E-state index is -0.00696. The van der Waals surface area contributed by atoms with Gasteiger partial charge in [0.1, 0.15) is 0 Å². The first-order valence-electron chi connectivity index (χ1n) is 5.80. The van der Waals surface area contributed by atoms with Crippen LogP contribution in [0.1, 0.15) is 5.56 Å². The van der Waals surface area contributed by atoms with Crippen LogP contribution in [0.3, 0.4) is 0 Å². The molecule has 0 atom stereocenters. The number of carbonyl (C=O) groups is 1. The highest BCUT2D eigenvalue weighted by atomic mass is 35.5. The maximum atomic E-state index is 11.9. The van der Waals surface area contributed by atoms with Crippen LogP contribution in [-0.2, 0) is 4.79 Å². The summed E-state index contributed by atoms with van der Waals surface area (Å²) in [6.07, 6.45) is 3.20. The Kier molecular flexibility index (Phi) is 4.64. The van der Waals surface area contributed by atoms with Crippen LogP contribution in [0.25, 0.3) is 6.08 Å². The van der Waals surface area contributed by atoms with E-state index in [2.05, 4.69) is 5.32 Å². The molecule has 0 radical (unpaired) electrons. The zero-order chi connectivity index (χ0) is 13.0. The van der Waals surface area contributed by atoms with Gasteiger partial charge in [0.2, 0.25) is 5.91 Å². The zero-order valence-corrected chi connectivity index (χ0v) is 11.3. The van der Waals surface area contributed by atoms with Crippen molar-refractivity contribution in [1.29, 1.82) is 0 Å². The Labute approximate surface area is 116 Å². The van der Waals surface area contributed by atoms with Crippen LogP contribution in [0.4, 0.5) is 0 Å². The summed E-state index contributed by atoms with van der Waals surface area (Å²) in [6.45, 7) is 3.15. The lowest BCUT2D eigenvalue weighted by Gasteiger charge is -2.26. The van der Waals surface area contributed by atoms with Crippen molar-refractivity contribution in [2.45, 2.75) is 0 Å². The number of benzene rings is 1. The third kappa shape index (κ3) is 3.25. The molecule has 1 amide bonds. The first kappa shape index (κ1) is 13.4. The van der Waals surface area contributed by atoms with Gasteiger partial charge >= 0.3 is 0 Å². The second kappa shape index (κ2) is 6.23. The van der Waals surface area contributed by atoms with Crippen molar-refractivity contribution in [3.8, 4) is 0 Å². The van der Waals surface area contributed by atoms with Crippen LogP contribution in [0.15, 0.2) is 24.3 Å². The molecular formula is C13H14Cl2N2O. The fraction of sp³-hybridized carbons (Fsp3) is 0.308. The van der Waals surface area contributed by atoms with E-state index in [-0.39, 0.29) is 5.91 Å². The summed E-state index contributed by atoms with van der Waals surface area (Å²) < 4.78 is 0. The number of hydrogen-bond donors (Lipinski definition) is 1. The highest BCUT2D eigenvalue weighted by molar-refractivity contribution is 6.37. The Morgan fingerprint density at radius 1 is 1.22 bits per heavy atom. The van der Waals surface area contributed by atoms with E-state index in [9.17, 15) is 4.79 Å². The van der Waals surface area contributed by atoms with Crippen molar-refractivity contribution in [1.82, 2.24) is 10.2 Å². The van der Waals surface area contributed by atoms with Gasteiger partial charge in [-0.1, -0.05) is 29.3 Å². The minimum Gasteiger partial charge on any atom is -0.337 e. The van der Waals surface area contributed by atoms with Crippen molar-refractivity contribution in [2.24, 2.45) is 0 Å². The van der Waals surface area contributed by atoms with E-state index in [1.165, 1.54) is 6.08 Å². The Morgan fingerprint density at radius 2 is 1.83 bits per heavy atom. The molecule has 5 heteroatoms. The van der Waals surface area contributed by atoms with Gasteiger partial charge in [-0.15, -0.1) is 0 Å². The summed E-state index contributed by atoms with van der Waals surface area (Å²) in [4.78, 5) is 13.7. The van der Waals surface area contributed by atoms with Crippen LogP contribution in [0.2, 0.25) is 10.0 Å². The second-order valence-corrected chi connectivity index (χ2v) is 4.86. The molecule has 1 saturated heterocycles. The molecular weight excluding hydrogens is 271 g/mol. The standard InChI is InChI=1S/C13H14Cl2N2O/c14-11-2-1-3-12(15)10(11)4-5-13(18)17-8-6-16-7-9-17/h1-5,16H,6-9H2/b5-4+. The maximum Gasteiger partial charge on any atom is 0.246 e. The molecule has 0 aliphatic carbocycles. The van der Waals surface area contributed by atoms with Crippen molar-refractivity contribution in [3.05, 3.63) is 39.9 Å². The van der Waals surface area contributed by atoms with Crippen molar-refractivity contribution in [2.75, 3.05) is 26.2 Å². The van der Waals surface area contributed by atoms with Gasteiger partial charge in [0, 0.05) is 47.9 Å². The molecule has 0 spiro atoms. The number of nitrogens with one attached hydrogen (secondary N) is 1. The predicted octanol–water partition coefficient (Wildman–Crippen LogP) is 2.44. The molecule has 0 unspecified atom stereocenters. The molecule has 1 heterocycles. The topological polar surface area (TPSA) is 32.3 Å². The van der Waals surface area contributed by atoms with Crippen LogP contribution in [0.5, 0.6) is 0 Å². The molecule has 1 aromatic carbocycles. The molecule has 1 aromatic rings. The molecule has 1 aliphatic heterocycles. The van der Waals surface area contributed by atoms with Gasteiger partial charge in [-0.25, -0.2) is 0 Å². The smallest absolute Gasteiger partial charge is 0.246 e. The SMILES string of the molecule is O=C(/C=C/c1c(Cl)cccc1Cl)N1CCNCC1. The summed E-state index contributed by atoms with van der Waals surface area (Å²) in [6, 6.07) is 5.28. The minimum absolute atomic E-state index is 0.00696. The number of nitrogens with zero attached hydrogens (tertiary/aromatic N) is 1. The third-order valence-corrected chi connectivity index (χ3v) is 3.48. The highest BCUT2D eigenvalue weighted by Crippen LogP contribution is 2.25. The Morgan fingerprint density at radius 3 is 2.44 bits per heavy atom. The molecule has 0 bridgehead atoms. The fourth-order valence-electron chi connectivity index (χ4n) is 1.82. The number of hydrogen-bond acceptors (Lipinski definition) is 2. The van der Waals surface area contributed by atoms with Crippen molar-refractivity contribution in [3.63, 3.8) is 0 Å². The van der Waals surface area contributed by atoms with E-state index in [1.807, 2.05) is 0 Å².